The minimum atomic E-state index is -4.85. The number of nitro groups is 1. The molecule has 0 aromatic heterocycles. The number of nitro benzene ring substituents is 1. The Kier molecular flexibility index (Phi) is 4.65. The molecule has 10 heteroatoms. The van der Waals surface area contributed by atoms with Crippen LogP contribution in [0, 0.1) is 10.1 Å². The summed E-state index contributed by atoms with van der Waals surface area (Å²) in [5.74, 6) is -1.29. The van der Waals surface area contributed by atoms with Gasteiger partial charge in [0.15, 0.2) is 0 Å². The van der Waals surface area contributed by atoms with Gasteiger partial charge in [-0.2, -0.15) is 13.2 Å². The van der Waals surface area contributed by atoms with Gasteiger partial charge in [-0.3, -0.25) is 14.9 Å². The first-order chi connectivity index (χ1) is 11.1. The number of primary amides is 1. The number of hydrogen-bond donors (Lipinski definition) is 1. The zero-order chi connectivity index (χ0) is 18.1. The highest BCUT2D eigenvalue weighted by molar-refractivity contribution is 6.31. The predicted octanol–water partition coefficient (Wildman–Crippen LogP) is 4.16. The van der Waals surface area contributed by atoms with E-state index in [9.17, 15) is 28.1 Å². The Morgan fingerprint density at radius 1 is 1.25 bits per heavy atom. The van der Waals surface area contributed by atoms with Crippen molar-refractivity contribution in [3.63, 3.8) is 0 Å². The number of rotatable bonds is 4. The van der Waals surface area contributed by atoms with Crippen LogP contribution in [0.3, 0.4) is 0 Å². The summed E-state index contributed by atoms with van der Waals surface area (Å²) in [4.78, 5) is 21.1. The number of alkyl halides is 3. The van der Waals surface area contributed by atoms with E-state index in [1.807, 2.05) is 0 Å². The third-order valence-corrected chi connectivity index (χ3v) is 3.21. The monoisotopic (exact) mass is 360 g/mol. The zero-order valence-electron chi connectivity index (χ0n) is 11.6. The largest absolute Gasteiger partial charge is 0.450 e. The van der Waals surface area contributed by atoms with E-state index in [0.29, 0.717) is 6.07 Å². The van der Waals surface area contributed by atoms with Crippen LogP contribution in [0.15, 0.2) is 36.4 Å². The number of ether oxygens (including phenoxy) is 1. The summed E-state index contributed by atoms with van der Waals surface area (Å²) in [6, 6.07) is 6.30. The van der Waals surface area contributed by atoms with E-state index < -0.39 is 39.0 Å². The molecule has 2 N–H and O–H groups in total. The molecule has 0 spiro atoms. The number of benzene rings is 2. The van der Waals surface area contributed by atoms with Gasteiger partial charge in [0.25, 0.3) is 0 Å². The molecule has 0 atom stereocenters. The van der Waals surface area contributed by atoms with E-state index in [-0.39, 0.29) is 17.4 Å². The van der Waals surface area contributed by atoms with Crippen LogP contribution < -0.4 is 10.5 Å². The second-order valence-corrected chi connectivity index (χ2v) is 4.96. The number of nitrogens with two attached hydrogens (primary N) is 1. The zero-order valence-corrected chi connectivity index (χ0v) is 12.4. The summed E-state index contributed by atoms with van der Waals surface area (Å²) in [5, 5.41) is 10.3. The maximum absolute atomic E-state index is 12.8. The third kappa shape index (κ3) is 3.74. The van der Waals surface area contributed by atoms with E-state index in [4.69, 9.17) is 22.1 Å². The van der Waals surface area contributed by atoms with Crippen molar-refractivity contribution in [1.82, 2.24) is 0 Å². The summed E-state index contributed by atoms with van der Waals surface area (Å²) >= 11 is 5.54. The molecule has 0 heterocycles. The lowest BCUT2D eigenvalue weighted by atomic mass is 10.1. The van der Waals surface area contributed by atoms with E-state index in [2.05, 4.69) is 0 Å². The fourth-order valence-electron chi connectivity index (χ4n) is 1.83. The minimum Gasteiger partial charge on any atom is -0.450 e. The molecule has 0 radical (unpaired) electrons. The van der Waals surface area contributed by atoms with Gasteiger partial charge in [0.2, 0.25) is 11.7 Å². The van der Waals surface area contributed by atoms with Crippen molar-refractivity contribution < 1.29 is 27.6 Å². The van der Waals surface area contributed by atoms with Crippen molar-refractivity contribution in [3.05, 3.63) is 62.7 Å². The lowest BCUT2D eigenvalue weighted by molar-refractivity contribution is -0.385. The molecule has 0 saturated carbocycles. The maximum Gasteiger partial charge on any atom is 0.418 e. The fraction of sp³-hybridized carbons (Fsp3) is 0.0714. The fourth-order valence-corrected chi connectivity index (χ4v) is 2.09. The van der Waals surface area contributed by atoms with Crippen LogP contribution in [0.4, 0.5) is 18.9 Å². The molecule has 0 bridgehead atoms. The first-order valence-corrected chi connectivity index (χ1v) is 6.60. The highest BCUT2D eigenvalue weighted by atomic mass is 35.5. The van der Waals surface area contributed by atoms with E-state index >= 15 is 0 Å². The molecule has 1 amide bonds. The Morgan fingerprint density at radius 2 is 1.92 bits per heavy atom. The van der Waals surface area contributed by atoms with Crippen LogP contribution in [0.1, 0.15) is 15.9 Å². The van der Waals surface area contributed by atoms with Gasteiger partial charge in [0, 0.05) is 17.7 Å². The van der Waals surface area contributed by atoms with Crippen LogP contribution in [-0.4, -0.2) is 10.8 Å². The third-order valence-electron chi connectivity index (χ3n) is 2.90. The topological polar surface area (TPSA) is 95.5 Å². The van der Waals surface area contributed by atoms with Crippen molar-refractivity contribution in [2.24, 2.45) is 5.73 Å². The lowest BCUT2D eigenvalue weighted by Gasteiger charge is -2.12. The number of nitrogens with zero attached hydrogens (tertiary/aromatic N) is 1. The van der Waals surface area contributed by atoms with Crippen LogP contribution >= 0.6 is 11.6 Å². The van der Waals surface area contributed by atoms with E-state index in [0.717, 1.165) is 0 Å². The lowest BCUT2D eigenvalue weighted by Crippen LogP contribution is -2.10. The average Bonchev–Trinajstić information content (AvgIpc) is 2.45. The summed E-state index contributed by atoms with van der Waals surface area (Å²) in [6.07, 6.45) is -4.85. The molecule has 2 aromatic carbocycles. The van der Waals surface area contributed by atoms with Crippen LogP contribution in [-0.2, 0) is 6.18 Å². The Morgan fingerprint density at radius 3 is 2.46 bits per heavy atom. The van der Waals surface area contributed by atoms with Crippen molar-refractivity contribution >= 4 is 23.2 Å². The molecule has 126 valence electrons. The second-order valence-electron chi connectivity index (χ2n) is 4.55. The molecule has 2 aromatic rings. The quantitative estimate of drug-likeness (QED) is 0.654. The van der Waals surface area contributed by atoms with E-state index in [1.165, 1.54) is 24.3 Å². The van der Waals surface area contributed by atoms with Crippen molar-refractivity contribution in [3.8, 4) is 11.5 Å². The smallest absolute Gasteiger partial charge is 0.418 e. The van der Waals surface area contributed by atoms with Gasteiger partial charge in [-0.1, -0.05) is 17.7 Å². The van der Waals surface area contributed by atoms with Crippen LogP contribution in [0.5, 0.6) is 11.5 Å². The first kappa shape index (κ1) is 17.5. The Bertz CT molecular complexity index is 824. The van der Waals surface area contributed by atoms with Gasteiger partial charge >= 0.3 is 11.9 Å². The van der Waals surface area contributed by atoms with Crippen molar-refractivity contribution in [2.45, 2.75) is 6.18 Å². The summed E-state index contributed by atoms with van der Waals surface area (Å²) in [7, 11) is 0. The molecule has 0 aliphatic heterocycles. The summed E-state index contributed by atoms with van der Waals surface area (Å²) < 4.78 is 43.6. The van der Waals surface area contributed by atoms with Gasteiger partial charge in [-0.15, -0.1) is 0 Å². The Hall–Kier alpha value is -2.81. The van der Waals surface area contributed by atoms with E-state index in [1.54, 1.807) is 0 Å². The molecule has 24 heavy (non-hydrogen) atoms. The molecule has 2 rings (SSSR count). The highest BCUT2D eigenvalue weighted by Crippen LogP contribution is 2.42. The van der Waals surface area contributed by atoms with Crippen LogP contribution in [0.25, 0.3) is 0 Å². The number of hydrogen-bond acceptors (Lipinski definition) is 4. The molecular formula is C14H8ClF3N2O4. The molecule has 0 aliphatic rings. The molecule has 0 fully saturated rings. The van der Waals surface area contributed by atoms with Gasteiger partial charge in [0.05, 0.1) is 15.5 Å². The number of carbonyl (C=O) groups is 1. The minimum absolute atomic E-state index is 0.0229. The maximum atomic E-state index is 12.8. The van der Waals surface area contributed by atoms with Gasteiger partial charge in [-0.25, -0.2) is 0 Å². The average molecular weight is 361 g/mol. The molecular weight excluding hydrogens is 353 g/mol. The van der Waals surface area contributed by atoms with Crippen molar-refractivity contribution in [1.29, 1.82) is 0 Å². The Labute approximate surface area is 137 Å². The summed E-state index contributed by atoms with van der Waals surface area (Å²) in [6.45, 7) is 0. The normalized spacial score (nSPS) is 11.2. The molecule has 0 unspecified atom stereocenters. The first-order valence-electron chi connectivity index (χ1n) is 6.22. The second kappa shape index (κ2) is 6.36. The number of halogens is 4. The predicted molar refractivity (Wildman–Crippen MR) is 78.1 cm³/mol. The van der Waals surface area contributed by atoms with Gasteiger partial charge in [-0.05, 0) is 18.2 Å². The van der Waals surface area contributed by atoms with Gasteiger partial charge < -0.3 is 10.5 Å². The SMILES string of the molecule is NC(=O)c1cccc(Oc2cc(Cl)c(C(F)(F)F)cc2[N+](=O)[O-])c1. The highest BCUT2D eigenvalue weighted by Gasteiger charge is 2.36. The molecule has 0 aliphatic carbocycles. The van der Waals surface area contributed by atoms with Crippen molar-refractivity contribution in [2.75, 3.05) is 0 Å². The number of amides is 1. The Balaban J connectivity index is 2.50. The molecule has 0 saturated heterocycles. The standard InChI is InChI=1S/C14H8ClF3N2O4/c15-10-6-12(11(20(22)23)5-9(10)14(16,17)18)24-8-3-1-2-7(4-8)13(19)21/h1-6H,(H2,19,21). The summed E-state index contributed by atoms with van der Waals surface area (Å²) in [5.41, 5.74) is 2.89. The van der Waals surface area contributed by atoms with Crippen LogP contribution in [0.2, 0.25) is 5.02 Å². The van der Waals surface area contributed by atoms with Gasteiger partial charge in [0.1, 0.15) is 5.75 Å². The molecule has 6 nitrogen and oxygen atoms in total. The number of carbonyl (C=O) groups excluding carboxylic acids is 1.